The Balaban J connectivity index is 1.98. The first-order chi connectivity index (χ1) is 17.2. The molecule has 0 aliphatic carbocycles. The molecule has 0 saturated carbocycles. The van der Waals surface area contributed by atoms with Gasteiger partial charge in [-0.05, 0) is 31.3 Å². The van der Waals surface area contributed by atoms with Crippen LogP contribution in [-0.4, -0.2) is 71.4 Å². The number of ether oxygens (including phenoxy) is 1. The van der Waals surface area contributed by atoms with Gasteiger partial charge in [0.2, 0.25) is 5.91 Å². The minimum Gasteiger partial charge on any atom is -0.395 e. The fourth-order valence-corrected chi connectivity index (χ4v) is 3.69. The molecule has 3 rings (SSSR count). The van der Waals surface area contributed by atoms with Crippen molar-refractivity contribution in [3.05, 3.63) is 64.2 Å². The van der Waals surface area contributed by atoms with Gasteiger partial charge in [-0.15, -0.1) is 0 Å². The van der Waals surface area contributed by atoms with Crippen molar-refractivity contribution >= 4 is 57.2 Å². The monoisotopic (exact) mass is 537 g/mol. The Labute approximate surface area is 217 Å². The predicted octanol–water partition coefficient (Wildman–Crippen LogP) is 3.92. The Morgan fingerprint density at radius 3 is 2.69 bits per heavy atom. The van der Waals surface area contributed by atoms with E-state index >= 15 is 0 Å². The number of amides is 1. The second-order valence-corrected chi connectivity index (χ2v) is 8.71. The van der Waals surface area contributed by atoms with Crippen LogP contribution in [0, 0.1) is 5.82 Å². The van der Waals surface area contributed by atoms with Gasteiger partial charge in [-0.2, -0.15) is 0 Å². The van der Waals surface area contributed by atoms with Gasteiger partial charge in [0.1, 0.15) is 24.1 Å². The van der Waals surface area contributed by atoms with E-state index in [9.17, 15) is 14.3 Å². The number of methoxy groups -OCH3 is 1. The highest BCUT2D eigenvalue weighted by Crippen LogP contribution is 2.34. The first kappa shape index (κ1) is 27.7. The van der Waals surface area contributed by atoms with E-state index in [1.54, 1.807) is 18.2 Å². The fourth-order valence-electron chi connectivity index (χ4n) is 3.37. The second-order valence-electron chi connectivity index (χ2n) is 7.90. The summed E-state index contributed by atoms with van der Waals surface area (Å²) in [6, 6.07) is 5.62. The Kier molecular flexibility index (Phi) is 9.94. The maximum Gasteiger partial charge on any atom is 0.248 e. The minimum atomic E-state index is -1.05. The maximum absolute atomic E-state index is 14.5. The van der Waals surface area contributed by atoms with Crippen molar-refractivity contribution < 1.29 is 24.1 Å². The van der Waals surface area contributed by atoms with Gasteiger partial charge < -0.3 is 30.5 Å². The number of aromatic nitrogens is 2. The van der Waals surface area contributed by atoms with E-state index in [4.69, 9.17) is 33.0 Å². The zero-order valence-electron chi connectivity index (χ0n) is 19.6. The van der Waals surface area contributed by atoms with Gasteiger partial charge in [0.25, 0.3) is 0 Å². The first-order valence-electron chi connectivity index (χ1n) is 10.9. The summed E-state index contributed by atoms with van der Waals surface area (Å²) in [6.07, 6.45) is 3.25. The Bertz CT molecular complexity index is 1260. The molecule has 192 valence electrons. The van der Waals surface area contributed by atoms with Crippen molar-refractivity contribution in [2.75, 3.05) is 51.1 Å². The number of carbonyl (C=O) groups is 1. The van der Waals surface area contributed by atoms with Gasteiger partial charge in [0, 0.05) is 42.9 Å². The fraction of sp³-hybridized carbons (Fsp3) is 0.292. The molecule has 1 amide bonds. The van der Waals surface area contributed by atoms with Crippen LogP contribution in [0.25, 0.3) is 10.9 Å². The lowest BCUT2D eigenvalue weighted by atomic mass is 10.0. The number of nitrogens with zero attached hydrogens (tertiary/aromatic N) is 3. The van der Waals surface area contributed by atoms with E-state index in [1.165, 1.54) is 25.6 Å². The van der Waals surface area contributed by atoms with Crippen molar-refractivity contribution in [1.82, 2.24) is 14.9 Å². The van der Waals surface area contributed by atoms with E-state index in [0.29, 0.717) is 35.2 Å². The molecule has 0 bridgehead atoms. The molecule has 1 aromatic heterocycles. The van der Waals surface area contributed by atoms with E-state index in [-0.39, 0.29) is 34.8 Å². The molecule has 0 spiro atoms. The number of nitrogens with one attached hydrogen (secondary N) is 2. The quantitative estimate of drug-likeness (QED) is 0.214. The zero-order chi connectivity index (χ0) is 26.2. The smallest absolute Gasteiger partial charge is 0.248 e. The van der Waals surface area contributed by atoms with Crippen LogP contribution in [0.5, 0.6) is 0 Å². The molecule has 2 aromatic carbocycles. The van der Waals surface area contributed by atoms with Crippen LogP contribution in [-0.2, 0) is 9.53 Å². The lowest BCUT2D eigenvalue weighted by Gasteiger charge is -2.18. The molecule has 0 aliphatic rings. The second kappa shape index (κ2) is 12.9. The summed E-state index contributed by atoms with van der Waals surface area (Å²) in [5, 5.41) is 25.9. The van der Waals surface area contributed by atoms with Gasteiger partial charge in [-0.3, -0.25) is 4.79 Å². The van der Waals surface area contributed by atoms with Gasteiger partial charge in [0.05, 0.1) is 34.5 Å². The molecule has 0 saturated heterocycles. The average Bonchev–Trinajstić information content (AvgIpc) is 2.82. The Morgan fingerprint density at radius 2 is 1.97 bits per heavy atom. The third-order valence-corrected chi connectivity index (χ3v) is 5.90. The number of anilines is 3. The number of likely N-dealkylation sites (N-methyl/N-ethyl adjacent to an activating group) is 1. The van der Waals surface area contributed by atoms with Crippen molar-refractivity contribution in [3.63, 3.8) is 0 Å². The first-order valence-corrected chi connectivity index (χ1v) is 11.6. The third-order valence-electron chi connectivity index (χ3n) is 5.18. The van der Waals surface area contributed by atoms with E-state index in [0.717, 1.165) is 6.07 Å². The topological polar surface area (TPSA) is 120 Å². The van der Waals surface area contributed by atoms with Crippen LogP contribution in [0.3, 0.4) is 0 Å². The summed E-state index contributed by atoms with van der Waals surface area (Å²) < 4.78 is 19.5. The highest BCUT2D eigenvalue weighted by molar-refractivity contribution is 6.42. The molecule has 0 radical (unpaired) electrons. The predicted molar refractivity (Wildman–Crippen MR) is 138 cm³/mol. The molecule has 1 unspecified atom stereocenters. The highest BCUT2D eigenvalue weighted by Gasteiger charge is 2.18. The summed E-state index contributed by atoms with van der Waals surface area (Å²) >= 11 is 11.9. The number of halogens is 3. The van der Waals surface area contributed by atoms with Crippen LogP contribution in [0.15, 0.2) is 42.7 Å². The molecular weight excluding hydrogens is 512 g/mol. The normalized spacial score (nSPS) is 12.4. The molecule has 3 aromatic rings. The van der Waals surface area contributed by atoms with E-state index in [1.807, 2.05) is 11.9 Å². The minimum absolute atomic E-state index is 0.0128. The van der Waals surface area contributed by atoms with Crippen molar-refractivity contribution in [3.8, 4) is 0 Å². The van der Waals surface area contributed by atoms with Crippen LogP contribution in [0.2, 0.25) is 10.0 Å². The summed E-state index contributed by atoms with van der Waals surface area (Å²) in [7, 11) is 3.26. The van der Waals surface area contributed by atoms with Gasteiger partial charge in [-0.25, -0.2) is 14.4 Å². The number of aliphatic hydroxyl groups excluding tert-OH is 2. The van der Waals surface area contributed by atoms with Crippen LogP contribution < -0.4 is 10.6 Å². The maximum atomic E-state index is 14.5. The van der Waals surface area contributed by atoms with Gasteiger partial charge in [-0.1, -0.05) is 29.3 Å². The molecule has 9 nitrogen and oxygen atoms in total. The standard InChI is InChI=1S/C24H26Cl2FN5O4/c1-32(6-7-33)5-3-4-23(35)30-20-9-15-19(8-14(20)22(34)12-36-2)28-13-29-24(15)31-21-11-17(26)16(25)10-18(21)27/h3-4,8-11,13,22,33-34H,5-7,12H2,1-2H3,(H,30,35)(H,28,29,31)/b4-3+. The molecule has 0 aliphatic heterocycles. The van der Waals surface area contributed by atoms with Crippen molar-refractivity contribution in [2.24, 2.45) is 0 Å². The largest absolute Gasteiger partial charge is 0.395 e. The lowest BCUT2D eigenvalue weighted by Crippen LogP contribution is -2.22. The van der Waals surface area contributed by atoms with E-state index < -0.39 is 17.8 Å². The van der Waals surface area contributed by atoms with Crippen LogP contribution in [0.1, 0.15) is 11.7 Å². The van der Waals surface area contributed by atoms with E-state index in [2.05, 4.69) is 20.6 Å². The summed E-state index contributed by atoms with van der Waals surface area (Å²) in [6.45, 7) is 0.932. The van der Waals surface area contributed by atoms with Gasteiger partial charge >= 0.3 is 0 Å². The number of hydrogen-bond acceptors (Lipinski definition) is 8. The SMILES string of the molecule is COCC(O)c1cc2ncnc(Nc3cc(Cl)c(Cl)cc3F)c2cc1NC(=O)/C=C/CN(C)CCO. The summed E-state index contributed by atoms with van der Waals surface area (Å²) in [4.78, 5) is 22.9. The van der Waals surface area contributed by atoms with Crippen LogP contribution >= 0.6 is 23.2 Å². The van der Waals surface area contributed by atoms with Crippen LogP contribution in [0.4, 0.5) is 21.6 Å². The third kappa shape index (κ3) is 7.10. The lowest BCUT2D eigenvalue weighted by molar-refractivity contribution is -0.111. The molecule has 0 fully saturated rings. The number of rotatable bonds is 11. The summed E-state index contributed by atoms with van der Waals surface area (Å²) in [5.74, 6) is -0.811. The number of aliphatic hydroxyl groups is 2. The van der Waals surface area contributed by atoms with Gasteiger partial charge in [0.15, 0.2) is 0 Å². The molecule has 1 atom stereocenters. The summed E-state index contributed by atoms with van der Waals surface area (Å²) in [5.41, 5.74) is 1.18. The van der Waals surface area contributed by atoms with Crippen molar-refractivity contribution in [2.45, 2.75) is 6.10 Å². The molecular formula is C24H26Cl2FN5O4. The Morgan fingerprint density at radius 1 is 1.22 bits per heavy atom. The molecule has 12 heteroatoms. The highest BCUT2D eigenvalue weighted by atomic mass is 35.5. The number of benzene rings is 2. The Hall–Kier alpha value is -2.86. The molecule has 36 heavy (non-hydrogen) atoms. The number of fused-ring (bicyclic) bond motifs is 1. The van der Waals surface area contributed by atoms with Crippen molar-refractivity contribution in [1.29, 1.82) is 0 Å². The zero-order valence-corrected chi connectivity index (χ0v) is 21.1. The number of hydrogen-bond donors (Lipinski definition) is 4. The molecule has 4 N–H and O–H groups in total. The number of carbonyl (C=O) groups excluding carboxylic acids is 1. The molecule has 1 heterocycles. The average molecular weight is 538 g/mol.